The van der Waals surface area contributed by atoms with Crippen molar-refractivity contribution >= 4 is 65.2 Å². The van der Waals surface area contributed by atoms with Gasteiger partial charge in [-0.05, 0) is 61.2 Å². The highest BCUT2D eigenvalue weighted by Crippen LogP contribution is 2.43. The van der Waals surface area contributed by atoms with E-state index in [-0.39, 0.29) is 11.3 Å². The highest BCUT2D eigenvalue weighted by Gasteiger charge is 2.40. The van der Waals surface area contributed by atoms with Gasteiger partial charge in [-0.3, -0.25) is 9.78 Å². The quantitative estimate of drug-likeness (QED) is 0.198. The van der Waals surface area contributed by atoms with Crippen molar-refractivity contribution in [3.05, 3.63) is 59.7 Å². The number of benzene rings is 2. The maximum atomic E-state index is 13.1. The molecule has 2 heterocycles. The normalized spacial score (nSPS) is 14.7. The van der Waals surface area contributed by atoms with Crippen LogP contribution in [0.3, 0.4) is 0 Å². The largest absolute Gasteiger partial charge is 0.506 e. The predicted octanol–water partition coefficient (Wildman–Crippen LogP) is 5.58. The molecule has 156 valence electrons. The van der Waals surface area contributed by atoms with Crippen molar-refractivity contribution in [2.45, 2.75) is 31.1 Å². The highest BCUT2D eigenvalue weighted by atomic mass is 79.9. The molecule has 0 spiro atoms. The van der Waals surface area contributed by atoms with Crippen LogP contribution in [-0.2, 0) is 0 Å². The van der Waals surface area contributed by atoms with Crippen LogP contribution in [0.4, 0.5) is 5.69 Å². The Labute approximate surface area is 202 Å². The number of halogens is 3. The minimum Gasteiger partial charge on any atom is -0.506 e. The third-order valence-corrected chi connectivity index (χ3v) is 7.79. The summed E-state index contributed by atoms with van der Waals surface area (Å²) in [6.07, 6.45) is 1.61. The van der Waals surface area contributed by atoms with Gasteiger partial charge in [-0.25, -0.2) is 0 Å². The molecule has 2 aromatic carbocycles. The average Bonchev–Trinajstić information content (AvgIpc) is 2.72. The lowest BCUT2D eigenvalue weighted by molar-refractivity contribution is -0.759. The van der Waals surface area contributed by atoms with Crippen molar-refractivity contribution in [1.29, 1.82) is 0 Å². The molecule has 1 atom stereocenters. The molecule has 3 N–H and O–H groups in total. The van der Waals surface area contributed by atoms with Crippen molar-refractivity contribution in [1.82, 2.24) is 10.1 Å². The van der Waals surface area contributed by atoms with Gasteiger partial charge in [-0.15, -0.1) is 0 Å². The Morgan fingerprint density at radius 2 is 2.00 bits per heavy atom. The molecule has 0 amide bonds. The van der Waals surface area contributed by atoms with Crippen LogP contribution in [0.5, 0.6) is 5.75 Å². The lowest BCUT2D eigenvalue weighted by Crippen LogP contribution is -2.55. The molecule has 0 unspecified atom stereocenters. The fraction of sp³-hybridized carbons (Fsp3) is 0.250. The Balaban J connectivity index is 1.94. The first kappa shape index (κ1) is 21.9. The number of thioether (sulfide) groups is 1. The second-order valence-corrected chi connectivity index (χ2v) is 10.3. The van der Waals surface area contributed by atoms with E-state index in [0.717, 1.165) is 39.9 Å². The standard InChI is InChI=1S/C20H17Br3N4O2S/c1-2-3-8-30-20-25-19(29)16-10-6-4-5-7-13(10)24-18(27(16)26-20)14-11(21)9-12(22)17(28)15(14)23/h4-7,9,18H,2-3,8H2,1H3,(H2,25,26,28,29)/p+1/t18-/m1/s1. The van der Waals surface area contributed by atoms with E-state index < -0.39 is 6.17 Å². The number of anilines is 1. The van der Waals surface area contributed by atoms with Crippen LogP contribution in [0.25, 0.3) is 11.3 Å². The number of rotatable bonds is 5. The molecule has 30 heavy (non-hydrogen) atoms. The Hall–Kier alpha value is -1.36. The van der Waals surface area contributed by atoms with E-state index in [9.17, 15) is 9.90 Å². The van der Waals surface area contributed by atoms with Crippen LogP contribution >= 0.6 is 59.6 Å². The van der Waals surface area contributed by atoms with Gasteiger partial charge in [0.05, 0.1) is 25.8 Å². The Morgan fingerprint density at radius 1 is 1.23 bits per heavy atom. The summed E-state index contributed by atoms with van der Waals surface area (Å²) in [5.74, 6) is 0.957. The van der Waals surface area contributed by atoms with E-state index in [1.807, 2.05) is 24.3 Å². The average molecular weight is 618 g/mol. The minimum atomic E-state index is -0.509. The zero-order valence-electron chi connectivity index (χ0n) is 15.9. The number of para-hydroxylation sites is 1. The van der Waals surface area contributed by atoms with Gasteiger partial charge >= 0.3 is 11.3 Å². The number of unbranched alkanes of at least 4 members (excludes halogenated alkanes) is 1. The van der Waals surface area contributed by atoms with Crippen LogP contribution in [0.1, 0.15) is 31.5 Å². The first-order chi connectivity index (χ1) is 14.4. The summed E-state index contributed by atoms with van der Waals surface area (Å²) in [5, 5.41) is 19.3. The predicted molar refractivity (Wildman–Crippen MR) is 129 cm³/mol. The van der Waals surface area contributed by atoms with E-state index in [1.165, 1.54) is 11.8 Å². The number of H-pyrrole nitrogens is 1. The number of aromatic nitrogens is 3. The SMILES string of the molecule is CCCCSc1n[n+]2c(c(=O)[nH]1)-c1ccccc1N[C@H]2c1c(Br)cc(Br)c(O)c1Br. The summed E-state index contributed by atoms with van der Waals surface area (Å²) < 4.78 is 3.53. The Kier molecular flexibility index (Phi) is 6.57. The van der Waals surface area contributed by atoms with Crippen LogP contribution in [0, 0.1) is 0 Å². The molecule has 3 aromatic rings. The number of phenols is 1. The molecule has 0 radical (unpaired) electrons. The van der Waals surface area contributed by atoms with Crippen LogP contribution in [-0.4, -0.2) is 20.9 Å². The van der Waals surface area contributed by atoms with Gasteiger partial charge < -0.3 is 10.4 Å². The van der Waals surface area contributed by atoms with E-state index in [4.69, 9.17) is 5.10 Å². The molecule has 0 aliphatic carbocycles. The van der Waals surface area contributed by atoms with Crippen molar-refractivity contribution < 1.29 is 9.79 Å². The molecule has 4 rings (SSSR count). The Bertz CT molecular complexity index is 1190. The molecular formula is C20H18Br3N4O2S+. The van der Waals surface area contributed by atoms with Gasteiger partial charge in [0.25, 0.3) is 6.17 Å². The molecule has 0 fully saturated rings. The first-order valence-electron chi connectivity index (χ1n) is 9.33. The molecule has 1 aliphatic heterocycles. The van der Waals surface area contributed by atoms with Crippen molar-refractivity contribution in [3.63, 3.8) is 0 Å². The van der Waals surface area contributed by atoms with E-state index in [2.05, 4.69) is 65.0 Å². The third-order valence-electron chi connectivity index (χ3n) is 4.77. The van der Waals surface area contributed by atoms with E-state index in [1.54, 1.807) is 10.7 Å². The van der Waals surface area contributed by atoms with Gasteiger partial charge in [0.1, 0.15) is 5.75 Å². The highest BCUT2D eigenvalue weighted by molar-refractivity contribution is 9.11. The zero-order chi connectivity index (χ0) is 21.4. The van der Waals surface area contributed by atoms with Gasteiger partial charge in [-0.2, -0.15) is 0 Å². The lowest BCUT2D eigenvalue weighted by Gasteiger charge is -2.24. The minimum absolute atomic E-state index is 0.0818. The lowest BCUT2D eigenvalue weighted by atomic mass is 10.0. The van der Waals surface area contributed by atoms with Crippen LogP contribution in [0.2, 0.25) is 0 Å². The molecule has 6 nitrogen and oxygen atoms in total. The van der Waals surface area contributed by atoms with Gasteiger partial charge in [0, 0.05) is 15.3 Å². The number of aromatic hydroxyl groups is 1. The third kappa shape index (κ3) is 3.94. The molecule has 0 bridgehead atoms. The van der Waals surface area contributed by atoms with E-state index in [0.29, 0.717) is 19.8 Å². The number of hydrogen-bond donors (Lipinski definition) is 3. The zero-order valence-corrected chi connectivity index (χ0v) is 21.5. The summed E-state index contributed by atoms with van der Waals surface area (Å²) in [6.45, 7) is 2.13. The molecule has 0 saturated carbocycles. The fourth-order valence-corrected chi connectivity index (χ4v) is 6.80. The second-order valence-electron chi connectivity index (χ2n) is 6.76. The van der Waals surface area contributed by atoms with Gasteiger partial charge in [-0.1, -0.05) is 53.2 Å². The smallest absolute Gasteiger partial charge is 0.325 e. The van der Waals surface area contributed by atoms with Crippen LogP contribution < -0.4 is 15.6 Å². The fourth-order valence-electron chi connectivity index (χ4n) is 3.31. The summed E-state index contributed by atoms with van der Waals surface area (Å²) in [7, 11) is 0. The molecule has 0 saturated heterocycles. The van der Waals surface area contributed by atoms with Crippen LogP contribution in [0.15, 0.2) is 53.7 Å². The maximum Gasteiger partial charge on any atom is 0.325 e. The summed E-state index contributed by atoms with van der Waals surface area (Å²) in [4.78, 5) is 16.0. The molecule has 10 heteroatoms. The monoisotopic (exact) mass is 615 g/mol. The number of nitrogens with one attached hydrogen (secondary N) is 2. The van der Waals surface area contributed by atoms with Crippen molar-refractivity contribution in [2.75, 3.05) is 11.1 Å². The van der Waals surface area contributed by atoms with Gasteiger partial charge in [0.2, 0.25) is 5.16 Å². The summed E-state index contributed by atoms with van der Waals surface area (Å²) >= 11 is 12.0. The molecular weight excluding hydrogens is 600 g/mol. The molecule has 1 aromatic heterocycles. The number of aromatic amines is 1. The number of phenolic OH excluding ortho intramolecular Hbond substituents is 1. The Morgan fingerprint density at radius 3 is 2.77 bits per heavy atom. The second kappa shape index (κ2) is 9.02. The number of nitrogens with zero attached hydrogens (tertiary/aromatic N) is 2. The summed E-state index contributed by atoms with van der Waals surface area (Å²) in [5.41, 5.74) is 2.61. The maximum absolute atomic E-state index is 13.1. The first-order valence-corrected chi connectivity index (χ1v) is 12.7. The summed E-state index contributed by atoms with van der Waals surface area (Å²) in [6, 6.07) is 9.41. The molecule has 1 aliphatic rings. The number of hydrogen-bond acceptors (Lipinski definition) is 5. The van der Waals surface area contributed by atoms with Crippen molar-refractivity contribution in [3.8, 4) is 17.0 Å². The van der Waals surface area contributed by atoms with Crippen molar-refractivity contribution in [2.24, 2.45) is 0 Å². The van der Waals surface area contributed by atoms with Gasteiger partial charge in [0.15, 0.2) is 0 Å². The van der Waals surface area contributed by atoms with E-state index >= 15 is 0 Å². The number of fused-ring (bicyclic) bond motifs is 3. The topological polar surface area (TPSA) is 81.9 Å².